The van der Waals surface area contributed by atoms with Crippen LogP contribution in [-0.4, -0.2) is 25.3 Å². The molecule has 0 bridgehead atoms. The van der Waals surface area contributed by atoms with Gasteiger partial charge in [-0.3, -0.25) is 4.79 Å². The largest absolute Gasteiger partial charge is 0.508 e. The molecule has 1 aliphatic heterocycles. The molecule has 0 aliphatic carbocycles. The lowest BCUT2D eigenvalue weighted by atomic mass is 9.98. The summed E-state index contributed by atoms with van der Waals surface area (Å²) in [5, 5.41) is 9.73. The molecular formula is C18H18O7. The standard InChI is InChI=1S/C18H18O7/c1-4-5-12-17(23-3)15(20)11(8-24-12)16-14-10(18(21)25-16)6-9(19)7-13(14)22-2/h6-8,16,19H,4-5H2,1-3H3/t16-/m0/s1. The predicted octanol–water partition coefficient (Wildman–Crippen LogP) is 2.57. The summed E-state index contributed by atoms with van der Waals surface area (Å²) in [6, 6.07) is 2.64. The van der Waals surface area contributed by atoms with Gasteiger partial charge in [0.2, 0.25) is 11.2 Å². The van der Waals surface area contributed by atoms with Crippen LogP contribution in [0.15, 0.2) is 27.6 Å². The van der Waals surface area contributed by atoms with Gasteiger partial charge in [0.15, 0.2) is 6.10 Å². The number of ether oxygens (including phenoxy) is 3. The van der Waals surface area contributed by atoms with Gasteiger partial charge >= 0.3 is 5.97 Å². The Kier molecular flexibility index (Phi) is 4.39. The van der Waals surface area contributed by atoms with Gasteiger partial charge in [-0.1, -0.05) is 6.92 Å². The van der Waals surface area contributed by atoms with Crippen molar-refractivity contribution in [2.24, 2.45) is 0 Å². The summed E-state index contributed by atoms with van der Waals surface area (Å²) in [6.07, 6.45) is 1.64. The number of fused-ring (bicyclic) bond motifs is 1. The quantitative estimate of drug-likeness (QED) is 0.831. The number of aryl methyl sites for hydroxylation is 1. The van der Waals surface area contributed by atoms with E-state index in [1.165, 1.54) is 32.6 Å². The number of benzene rings is 1. The van der Waals surface area contributed by atoms with Gasteiger partial charge in [0.05, 0.1) is 30.9 Å². The summed E-state index contributed by atoms with van der Waals surface area (Å²) < 4.78 is 21.3. The fourth-order valence-corrected chi connectivity index (χ4v) is 2.96. The lowest BCUT2D eigenvalue weighted by Gasteiger charge is -2.15. The highest BCUT2D eigenvalue weighted by atomic mass is 16.6. The molecule has 132 valence electrons. The Morgan fingerprint density at radius 2 is 1.96 bits per heavy atom. The molecule has 1 aromatic heterocycles. The van der Waals surface area contributed by atoms with E-state index in [0.717, 1.165) is 6.42 Å². The van der Waals surface area contributed by atoms with Crippen molar-refractivity contribution in [3.63, 3.8) is 0 Å². The molecule has 0 saturated heterocycles. The zero-order chi connectivity index (χ0) is 18.1. The Hall–Kier alpha value is -2.96. The Morgan fingerprint density at radius 1 is 1.20 bits per heavy atom. The number of aromatic hydroxyl groups is 1. The number of rotatable bonds is 5. The number of phenolic OH excluding ortho intramolecular Hbond substituents is 1. The first kappa shape index (κ1) is 16.9. The van der Waals surface area contributed by atoms with Gasteiger partial charge in [-0.2, -0.15) is 0 Å². The number of methoxy groups -OCH3 is 2. The summed E-state index contributed by atoms with van der Waals surface area (Å²) in [7, 11) is 2.80. The van der Waals surface area contributed by atoms with E-state index in [4.69, 9.17) is 18.6 Å². The minimum atomic E-state index is -0.987. The smallest absolute Gasteiger partial charge is 0.339 e. The normalized spacial score (nSPS) is 15.6. The van der Waals surface area contributed by atoms with E-state index in [-0.39, 0.29) is 28.4 Å². The number of hydrogen-bond acceptors (Lipinski definition) is 7. The van der Waals surface area contributed by atoms with Crippen LogP contribution in [-0.2, 0) is 11.2 Å². The Balaban J connectivity index is 2.18. The number of carbonyl (C=O) groups is 1. The summed E-state index contributed by atoms with van der Waals surface area (Å²) in [4.78, 5) is 25.0. The zero-order valence-electron chi connectivity index (χ0n) is 14.1. The molecule has 1 atom stereocenters. The van der Waals surface area contributed by atoms with Gasteiger partial charge in [-0.15, -0.1) is 0 Å². The van der Waals surface area contributed by atoms with Crippen LogP contribution in [0.1, 0.15) is 46.7 Å². The van der Waals surface area contributed by atoms with Crippen LogP contribution in [0, 0.1) is 0 Å². The van der Waals surface area contributed by atoms with Crippen LogP contribution in [0.5, 0.6) is 17.2 Å². The fourth-order valence-electron chi connectivity index (χ4n) is 2.96. The van der Waals surface area contributed by atoms with Gasteiger partial charge in [-0.05, 0) is 12.5 Å². The molecule has 1 aromatic carbocycles. The van der Waals surface area contributed by atoms with Crippen molar-refractivity contribution in [1.29, 1.82) is 0 Å². The van der Waals surface area contributed by atoms with Gasteiger partial charge in [0.25, 0.3) is 0 Å². The van der Waals surface area contributed by atoms with Crippen molar-refractivity contribution in [2.45, 2.75) is 25.9 Å². The van der Waals surface area contributed by atoms with Crippen LogP contribution in [0.3, 0.4) is 0 Å². The second-order valence-corrected chi connectivity index (χ2v) is 5.62. The molecule has 2 heterocycles. The van der Waals surface area contributed by atoms with Gasteiger partial charge in [0.1, 0.15) is 23.5 Å². The Morgan fingerprint density at radius 3 is 2.60 bits per heavy atom. The molecule has 7 nitrogen and oxygen atoms in total. The van der Waals surface area contributed by atoms with E-state index < -0.39 is 17.5 Å². The van der Waals surface area contributed by atoms with Gasteiger partial charge < -0.3 is 23.7 Å². The summed E-state index contributed by atoms with van der Waals surface area (Å²) in [5.74, 6) is 0.0192. The lowest BCUT2D eigenvalue weighted by Crippen LogP contribution is -2.18. The third kappa shape index (κ3) is 2.71. The van der Waals surface area contributed by atoms with Crippen LogP contribution >= 0.6 is 0 Å². The molecule has 1 N–H and O–H groups in total. The molecule has 0 amide bonds. The molecule has 1 aliphatic rings. The van der Waals surface area contributed by atoms with Crippen molar-refractivity contribution in [3.8, 4) is 17.2 Å². The Labute approximate surface area is 143 Å². The van der Waals surface area contributed by atoms with Crippen molar-refractivity contribution in [2.75, 3.05) is 14.2 Å². The molecule has 0 spiro atoms. The fraction of sp³-hybridized carbons (Fsp3) is 0.333. The molecule has 25 heavy (non-hydrogen) atoms. The highest BCUT2D eigenvalue weighted by Gasteiger charge is 2.38. The van der Waals surface area contributed by atoms with Gasteiger partial charge in [-0.25, -0.2) is 4.79 Å². The molecule has 2 aromatic rings. The van der Waals surface area contributed by atoms with Crippen LogP contribution in [0.25, 0.3) is 0 Å². The second-order valence-electron chi connectivity index (χ2n) is 5.62. The summed E-state index contributed by atoms with van der Waals surface area (Å²) in [5.41, 5.74) is 0.256. The monoisotopic (exact) mass is 346 g/mol. The topological polar surface area (TPSA) is 95.2 Å². The number of phenols is 1. The van der Waals surface area contributed by atoms with Crippen molar-refractivity contribution < 1.29 is 28.5 Å². The molecule has 0 radical (unpaired) electrons. The van der Waals surface area contributed by atoms with Crippen LogP contribution < -0.4 is 14.9 Å². The minimum absolute atomic E-state index is 0.0987. The third-order valence-corrected chi connectivity index (χ3v) is 4.07. The van der Waals surface area contributed by atoms with E-state index >= 15 is 0 Å². The summed E-state index contributed by atoms with van der Waals surface area (Å²) >= 11 is 0. The van der Waals surface area contributed by atoms with Crippen LogP contribution in [0.2, 0.25) is 0 Å². The average Bonchev–Trinajstić information content (AvgIpc) is 2.91. The average molecular weight is 346 g/mol. The van der Waals surface area contributed by atoms with Crippen molar-refractivity contribution in [3.05, 3.63) is 51.1 Å². The lowest BCUT2D eigenvalue weighted by molar-refractivity contribution is 0.0449. The predicted molar refractivity (Wildman–Crippen MR) is 87.4 cm³/mol. The number of carbonyl (C=O) groups excluding carboxylic acids is 1. The van der Waals surface area contributed by atoms with E-state index in [2.05, 4.69) is 0 Å². The highest BCUT2D eigenvalue weighted by Crippen LogP contribution is 2.43. The van der Waals surface area contributed by atoms with E-state index in [1.807, 2.05) is 6.92 Å². The first-order valence-electron chi connectivity index (χ1n) is 7.82. The maximum absolute atomic E-state index is 12.8. The number of esters is 1. The molecular weight excluding hydrogens is 328 g/mol. The maximum atomic E-state index is 12.8. The summed E-state index contributed by atoms with van der Waals surface area (Å²) in [6.45, 7) is 1.96. The van der Waals surface area contributed by atoms with Crippen LogP contribution in [0.4, 0.5) is 0 Å². The molecule has 0 saturated carbocycles. The van der Waals surface area contributed by atoms with Gasteiger partial charge in [0, 0.05) is 12.5 Å². The Bertz CT molecular complexity index is 882. The maximum Gasteiger partial charge on any atom is 0.339 e. The minimum Gasteiger partial charge on any atom is -0.508 e. The second kappa shape index (κ2) is 6.51. The molecule has 0 unspecified atom stereocenters. The first-order chi connectivity index (χ1) is 12.0. The molecule has 3 rings (SSSR count). The van der Waals surface area contributed by atoms with Crippen molar-refractivity contribution in [1.82, 2.24) is 0 Å². The molecule has 0 fully saturated rings. The first-order valence-corrected chi connectivity index (χ1v) is 7.82. The van der Waals surface area contributed by atoms with E-state index in [1.54, 1.807) is 0 Å². The SMILES string of the molecule is CCCc1occ([C@@H]2OC(=O)c3cc(O)cc(OC)c32)c(=O)c1OC. The molecule has 7 heteroatoms. The van der Waals surface area contributed by atoms with E-state index in [0.29, 0.717) is 17.7 Å². The number of cyclic esters (lactones) is 1. The third-order valence-electron chi connectivity index (χ3n) is 4.07. The highest BCUT2D eigenvalue weighted by molar-refractivity contribution is 5.96. The van der Waals surface area contributed by atoms with E-state index in [9.17, 15) is 14.7 Å². The van der Waals surface area contributed by atoms with Crippen molar-refractivity contribution >= 4 is 5.97 Å². The number of hydrogen-bond donors (Lipinski definition) is 1. The zero-order valence-corrected chi connectivity index (χ0v) is 14.1.